The maximum atomic E-state index is 11.7. The zero-order chi connectivity index (χ0) is 18.6. The predicted octanol–water partition coefficient (Wildman–Crippen LogP) is 1.52. The van der Waals surface area contributed by atoms with Gasteiger partial charge in [-0.3, -0.25) is 19.0 Å². The first-order valence-corrected chi connectivity index (χ1v) is 11.5. The Labute approximate surface area is 163 Å². The number of unbranched alkanes of at least 4 members (excludes halogenated alkanes) is 1. The van der Waals surface area contributed by atoms with E-state index in [1.807, 2.05) is 6.20 Å². The van der Waals surface area contributed by atoms with Crippen LogP contribution in [0.4, 0.5) is 0 Å². The van der Waals surface area contributed by atoms with E-state index in [2.05, 4.69) is 34.9 Å². The van der Waals surface area contributed by atoms with E-state index in [4.69, 9.17) is 9.73 Å². The number of hydrogen-bond donors (Lipinski definition) is 0. The van der Waals surface area contributed by atoms with Gasteiger partial charge in [0.1, 0.15) is 12.1 Å². The number of benzene rings is 1. The van der Waals surface area contributed by atoms with Gasteiger partial charge >= 0.3 is 0 Å². The lowest BCUT2D eigenvalue weighted by atomic mass is 10.0. The molecule has 0 bridgehead atoms. The maximum Gasteiger partial charge on any atom is 0.152 e. The Hall–Kier alpha value is -1.50. The van der Waals surface area contributed by atoms with Crippen LogP contribution in [0.25, 0.3) is 6.08 Å². The van der Waals surface area contributed by atoms with Gasteiger partial charge in [0.05, 0.1) is 0 Å². The van der Waals surface area contributed by atoms with Crippen molar-refractivity contribution in [3.63, 3.8) is 0 Å². The Morgan fingerprint density at radius 3 is 2.93 bits per heavy atom. The van der Waals surface area contributed by atoms with Crippen LogP contribution >= 0.6 is 0 Å². The minimum Gasteiger partial charge on any atom is -0.475 e. The van der Waals surface area contributed by atoms with Crippen molar-refractivity contribution in [2.45, 2.75) is 39.3 Å². The van der Waals surface area contributed by atoms with Crippen molar-refractivity contribution in [1.29, 1.82) is 0 Å². The average molecular weight is 388 g/mol. The Morgan fingerprint density at radius 2 is 2.11 bits per heavy atom. The second-order valence-electron chi connectivity index (χ2n) is 7.54. The van der Waals surface area contributed by atoms with Gasteiger partial charge in [0.25, 0.3) is 0 Å². The topological polar surface area (TPSA) is 45.1 Å². The largest absolute Gasteiger partial charge is 0.475 e. The minimum atomic E-state index is -0.638. The molecule has 0 spiro atoms. The van der Waals surface area contributed by atoms with Crippen LogP contribution in [0.15, 0.2) is 23.3 Å². The lowest BCUT2D eigenvalue weighted by molar-refractivity contribution is 0.0923. The lowest BCUT2D eigenvalue weighted by Crippen LogP contribution is -2.42. The van der Waals surface area contributed by atoms with E-state index in [1.54, 1.807) is 0 Å². The van der Waals surface area contributed by atoms with Gasteiger partial charge in [-0.25, -0.2) is 0 Å². The van der Waals surface area contributed by atoms with Crippen molar-refractivity contribution < 1.29 is 8.95 Å². The van der Waals surface area contributed by atoms with Gasteiger partial charge in [0.15, 0.2) is 5.75 Å². The molecule has 1 saturated heterocycles. The van der Waals surface area contributed by atoms with E-state index in [-0.39, 0.29) is 0 Å². The molecule has 3 aliphatic heterocycles. The normalized spacial score (nSPS) is 20.8. The number of hydrogen-bond acceptors (Lipinski definition) is 5. The monoisotopic (exact) mass is 387 g/mol. The molecule has 6 heteroatoms. The van der Waals surface area contributed by atoms with E-state index in [1.165, 1.54) is 29.2 Å². The minimum absolute atomic E-state index is 0.638. The van der Waals surface area contributed by atoms with Gasteiger partial charge in [-0.2, -0.15) is 0 Å². The lowest BCUT2D eigenvalue weighted by Gasteiger charge is -2.30. The molecule has 0 atom stereocenters. The van der Waals surface area contributed by atoms with Crippen molar-refractivity contribution in [2.75, 3.05) is 37.9 Å². The SMILES string of the molecule is CCCCN1COc2c(cc(CN3CCS(=O)CC3)c3c2=NC=CCC=3)C1. The maximum absolute atomic E-state index is 11.7. The van der Waals surface area contributed by atoms with E-state index < -0.39 is 10.8 Å². The zero-order valence-corrected chi connectivity index (χ0v) is 17.0. The molecule has 3 aliphatic rings. The fourth-order valence-corrected chi connectivity index (χ4v) is 5.09. The zero-order valence-electron chi connectivity index (χ0n) is 16.2. The second kappa shape index (κ2) is 8.67. The molecular formula is C21H29N3O2S. The summed E-state index contributed by atoms with van der Waals surface area (Å²) in [6, 6.07) is 2.33. The summed E-state index contributed by atoms with van der Waals surface area (Å²) in [5, 5.41) is 2.21. The molecule has 1 aromatic carbocycles. The van der Waals surface area contributed by atoms with Crippen molar-refractivity contribution in [3.05, 3.63) is 40.0 Å². The summed E-state index contributed by atoms with van der Waals surface area (Å²) in [5.74, 6) is 2.54. The molecule has 5 nitrogen and oxygen atoms in total. The molecule has 27 heavy (non-hydrogen) atoms. The molecule has 3 heterocycles. The van der Waals surface area contributed by atoms with E-state index in [0.717, 1.165) is 61.8 Å². The number of fused-ring (bicyclic) bond motifs is 3. The summed E-state index contributed by atoms with van der Waals surface area (Å²) in [4.78, 5) is 9.53. The van der Waals surface area contributed by atoms with Crippen LogP contribution in [0, 0.1) is 0 Å². The Balaban J connectivity index is 1.67. The molecule has 0 saturated carbocycles. The summed E-state index contributed by atoms with van der Waals surface area (Å²) >= 11 is 0. The summed E-state index contributed by atoms with van der Waals surface area (Å²) in [6.07, 6.45) is 9.56. The van der Waals surface area contributed by atoms with Gasteiger partial charge < -0.3 is 4.74 Å². The van der Waals surface area contributed by atoms with Crippen LogP contribution in [0.5, 0.6) is 5.75 Å². The Morgan fingerprint density at radius 1 is 1.26 bits per heavy atom. The second-order valence-corrected chi connectivity index (χ2v) is 9.24. The predicted molar refractivity (Wildman–Crippen MR) is 109 cm³/mol. The fraction of sp³-hybridized carbons (Fsp3) is 0.571. The van der Waals surface area contributed by atoms with E-state index in [0.29, 0.717) is 6.73 Å². The first-order valence-electron chi connectivity index (χ1n) is 10.0. The molecule has 4 rings (SSSR count). The van der Waals surface area contributed by atoms with Crippen molar-refractivity contribution >= 4 is 16.9 Å². The standard InChI is InChI=1S/C21H29N3O2S/c1-2-3-8-24-15-18-13-17(14-23-9-11-27(25)12-10-23)19-6-4-5-7-22-20(19)21(18)26-16-24/h5-7,13H,2-4,8-12,14-16H2,1H3. The van der Waals surface area contributed by atoms with Crippen LogP contribution in [0.1, 0.15) is 37.3 Å². The van der Waals surface area contributed by atoms with Crippen molar-refractivity contribution in [2.24, 2.45) is 4.99 Å². The highest BCUT2D eigenvalue weighted by Crippen LogP contribution is 2.22. The Kier molecular flexibility index (Phi) is 6.05. The summed E-state index contributed by atoms with van der Waals surface area (Å²) in [7, 11) is -0.638. The van der Waals surface area contributed by atoms with Gasteiger partial charge in [-0.1, -0.05) is 25.5 Å². The molecule has 0 radical (unpaired) electrons. The average Bonchev–Trinajstić information content (AvgIpc) is 2.94. The summed E-state index contributed by atoms with van der Waals surface area (Å²) < 4.78 is 17.9. The molecule has 0 aliphatic carbocycles. The molecule has 0 N–H and O–H groups in total. The van der Waals surface area contributed by atoms with Crippen LogP contribution in [0.3, 0.4) is 0 Å². The fourth-order valence-electron chi connectivity index (χ4n) is 3.96. The first kappa shape index (κ1) is 18.8. The smallest absolute Gasteiger partial charge is 0.152 e. The number of ether oxygens (including phenoxy) is 1. The van der Waals surface area contributed by atoms with Crippen LogP contribution < -0.4 is 15.3 Å². The summed E-state index contributed by atoms with van der Waals surface area (Å²) in [6.45, 7) is 7.59. The van der Waals surface area contributed by atoms with Crippen LogP contribution in [0.2, 0.25) is 0 Å². The molecular weight excluding hydrogens is 358 g/mol. The van der Waals surface area contributed by atoms with Crippen molar-refractivity contribution in [3.8, 4) is 5.75 Å². The molecule has 0 amide bonds. The summed E-state index contributed by atoms with van der Waals surface area (Å²) in [5.41, 5.74) is 2.57. The number of nitrogens with zero attached hydrogens (tertiary/aromatic N) is 3. The number of allylic oxidation sites excluding steroid dienone is 1. The highest BCUT2D eigenvalue weighted by molar-refractivity contribution is 7.85. The van der Waals surface area contributed by atoms with E-state index >= 15 is 0 Å². The number of rotatable bonds is 5. The van der Waals surface area contributed by atoms with Gasteiger partial charge in [-0.15, -0.1) is 0 Å². The molecule has 1 aromatic rings. The molecule has 0 unspecified atom stereocenters. The highest BCUT2D eigenvalue weighted by Gasteiger charge is 2.22. The molecule has 0 aromatic heterocycles. The Bertz CT molecular complexity index is 855. The quantitative estimate of drug-likeness (QED) is 0.769. The third-order valence-electron chi connectivity index (χ3n) is 5.50. The molecule has 146 valence electrons. The molecule has 1 fully saturated rings. The first-order chi connectivity index (χ1) is 13.2. The van der Waals surface area contributed by atoms with E-state index in [9.17, 15) is 4.21 Å². The van der Waals surface area contributed by atoms with Crippen LogP contribution in [-0.4, -0.2) is 51.9 Å². The third-order valence-corrected chi connectivity index (χ3v) is 6.78. The van der Waals surface area contributed by atoms with Gasteiger partial charge in [0, 0.05) is 72.0 Å². The van der Waals surface area contributed by atoms with Crippen molar-refractivity contribution in [1.82, 2.24) is 9.80 Å². The van der Waals surface area contributed by atoms with Crippen LogP contribution in [-0.2, 0) is 23.9 Å². The third kappa shape index (κ3) is 4.33. The highest BCUT2D eigenvalue weighted by atomic mass is 32.2. The van der Waals surface area contributed by atoms with Gasteiger partial charge in [0.2, 0.25) is 0 Å². The van der Waals surface area contributed by atoms with Gasteiger partial charge in [-0.05, 0) is 24.5 Å².